The van der Waals surface area contributed by atoms with Crippen molar-refractivity contribution in [1.82, 2.24) is 20.9 Å². The summed E-state index contributed by atoms with van der Waals surface area (Å²) in [6, 6.07) is 4.45. The summed E-state index contributed by atoms with van der Waals surface area (Å²) in [6.45, 7) is 3.84. The molecule has 0 spiro atoms. The van der Waals surface area contributed by atoms with Gasteiger partial charge in [-0.1, -0.05) is 38.5 Å². The summed E-state index contributed by atoms with van der Waals surface area (Å²) in [5, 5.41) is 18.4. The third-order valence-corrected chi connectivity index (χ3v) is 6.29. The number of rotatable bonds is 15. The summed E-state index contributed by atoms with van der Waals surface area (Å²) in [6.07, 6.45) is 3.86. The molecule has 0 saturated heterocycles. The van der Waals surface area contributed by atoms with Gasteiger partial charge in [0.05, 0.1) is 6.54 Å². The highest BCUT2D eigenvalue weighted by atomic mass is 16.4. The molecule has 2 aromatic rings. The predicted molar refractivity (Wildman–Crippen MR) is 137 cm³/mol. The van der Waals surface area contributed by atoms with Crippen LogP contribution in [-0.4, -0.2) is 65.0 Å². The maximum absolute atomic E-state index is 13.3. The second kappa shape index (κ2) is 14.2. The largest absolute Gasteiger partial charge is 0.480 e. The highest BCUT2D eigenvalue weighted by molar-refractivity contribution is 5.94. The van der Waals surface area contributed by atoms with Crippen LogP contribution in [0.2, 0.25) is 0 Å². The number of carbonyl (C=O) groups is 4. The van der Waals surface area contributed by atoms with Crippen molar-refractivity contribution in [3.8, 4) is 0 Å². The number of aliphatic carboxylic acids is 1. The van der Waals surface area contributed by atoms with Gasteiger partial charge in [-0.2, -0.15) is 0 Å². The number of nitrogens with two attached hydrogens (primary N) is 2. The normalized spacial score (nSPS) is 14.4. The molecule has 1 aromatic carbocycles. The summed E-state index contributed by atoms with van der Waals surface area (Å²) < 4.78 is 0. The van der Waals surface area contributed by atoms with Crippen LogP contribution in [0, 0.1) is 5.92 Å². The number of hydrogen-bond donors (Lipinski definition) is 7. The van der Waals surface area contributed by atoms with Gasteiger partial charge in [-0.15, -0.1) is 0 Å². The van der Waals surface area contributed by atoms with E-state index >= 15 is 0 Å². The Hall–Kier alpha value is -3.44. The zero-order valence-electron chi connectivity index (χ0n) is 20.9. The first kappa shape index (κ1) is 28.8. The fourth-order valence-corrected chi connectivity index (χ4v) is 3.95. The van der Waals surface area contributed by atoms with E-state index in [9.17, 15) is 24.3 Å². The molecule has 0 bridgehead atoms. The van der Waals surface area contributed by atoms with Gasteiger partial charge in [0, 0.05) is 23.5 Å². The molecule has 198 valence electrons. The average Bonchev–Trinajstić information content (AvgIpc) is 3.28. The first-order chi connectivity index (χ1) is 17.2. The van der Waals surface area contributed by atoms with Crippen LogP contribution in [0.4, 0.5) is 0 Å². The van der Waals surface area contributed by atoms with E-state index in [1.54, 1.807) is 6.20 Å². The fraction of sp³-hybridized carbons (Fsp3) is 0.520. The lowest BCUT2D eigenvalue weighted by molar-refractivity contribution is -0.142. The van der Waals surface area contributed by atoms with Gasteiger partial charge in [0.1, 0.15) is 18.1 Å². The van der Waals surface area contributed by atoms with Gasteiger partial charge in [-0.05, 0) is 43.4 Å². The van der Waals surface area contributed by atoms with Crippen molar-refractivity contribution in [2.45, 2.75) is 64.1 Å². The third-order valence-electron chi connectivity index (χ3n) is 6.29. The fourth-order valence-electron chi connectivity index (χ4n) is 3.95. The molecule has 0 radical (unpaired) electrons. The first-order valence-corrected chi connectivity index (χ1v) is 12.3. The Labute approximate surface area is 210 Å². The number of aromatic amines is 1. The number of fused-ring (bicyclic) bond motifs is 1. The summed E-state index contributed by atoms with van der Waals surface area (Å²) in [5.74, 6) is -3.03. The molecular weight excluding hydrogens is 464 g/mol. The number of carbonyl (C=O) groups excluding carboxylic acids is 3. The zero-order valence-corrected chi connectivity index (χ0v) is 20.9. The predicted octanol–water partition coefficient (Wildman–Crippen LogP) is 0.383. The Balaban J connectivity index is 2.30. The van der Waals surface area contributed by atoms with Crippen LogP contribution in [0.3, 0.4) is 0 Å². The number of amides is 3. The number of unbranched alkanes of at least 4 members (excludes halogenated alkanes) is 1. The van der Waals surface area contributed by atoms with Crippen molar-refractivity contribution < 1.29 is 24.3 Å². The van der Waals surface area contributed by atoms with Gasteiger partial charge in [0.25, 0.3) is 0 Å². The zero-order chi connectivity index (χ0) is 26.7. The van der Waals surface area contributed by atoms with E-state index in [-0.39, 0.29) is 25.3 Å². The second-order valence-corrected chi connectivity index (χ2v) is 8.94. The second-order valence-electron chi connectivity index (χ2n) is 8.94. The Morgan fingerprint density at radius 1 is 1.00 bits per heavy atom. The molecule has 2 rings (SSSR count). The maximum atomic E-state index is 13.3. The molecule has 11 heteroatoms. The van der Waals surface area contributed by atoms with Gasteiger partial charge < -0.3 is 37.5 Å². The van der Waals surface area contributed by atoms with Crippen molar-refractivity contribution in [1.29, 1.82) is 0 Å². The van der Waals surface area contributed by atoms with Crippen molar-refractivity contribution >= 4 is 34.6 Å². The van der Waals surface area contributed by atoms with Crippen LogP contribution < -0.4 is 27.4 Å². The average molecular weight is 503 g/mol. The quantitative estimate of drug-likeness (QED) is 0.171. The van der Waals surface area contributed by atoms with E-state index in [0.29, 0.717) is 25.8 Å². The Kier molecular flexibility index (Phi) is 11.4. The molecular formula is C25H38N6O5. The van der Waals surface area contributed by atoms with Crippen molar-refractivity contribution in [3.63, 3.8) is 0 Å². The van der Waals surface area contributed by atoms with Crippen molar-refractivity contribution in [3.05, 3.63) is 36.0 Å². The number of benzene rings is 1. The van der Waals surface area contributed by atoms with Crippen LogP contribution in [0.5, 0.6) is 0 Å². The molecule has 4 atom stereocenters. The summed E-state index contributed by atoms with van der Waals surface area (Å²) >= 11 is 0. The number of H-pyrrole nitrogens is 1. The minimum atomic E-state index is -1.16. The van der Waals surface area contributed by atoms with Gasteiger partial charge in [-0.3, -0.25) is 14.4 Å². The number of nitrogens with one attached hydrogen (secondary N) is 4. The highest BCUT2D eigenvalue weighted by Gasteiger charge is 2.32. The lowest BCUT2D eigenvalue weighted by Gasteiger charge is -2.27. The van der Waals surface area contributed by atoms with Crippen LogP contribution >= 0.6 is 0 Å². The van der Waals surface area contributed by atoms with E-state index < -0.39 is 41.8 Å². The molecule has 1 aromatic heterocycles. The topological polar surface area (TPSA) is 192 Å². The standard InChI is InChI=1S/C25H38N6O5/c1-3-15(2)22(31-21(32)13-27)24(34)30-20(12-16-14-28-18-9-5-4-8-17(16)18)23(33)29-19(25(35)36)10-6-7-11-26/h4-5,8-9,14-15,19-20,22,28H,3,6-7,10-13,26-27H2,1-2H3,(H,29,33)(H,30,34)(H,31,32)(H,35,36). The summed E-state index contributed by atoms with van der Waals surface area (Å²) in [4.78, 5) is 53.4. The SMILES string of the molecule is CCC(C)C(NC(=O)CN)C(=O)NC(Cc1c[nH]c2ccccc12)C(=O)NC(CCCCN)C(=O)O. The smallest absolute Gasteiger partial charge is 0.326 e. The number of para-hydroxylation sites is 1. The minimum absolute atomic E-state index is 0.120. The minimum Gasteiger partial charge on any atom is -0.480 e. The maximum Gasteiger partial charge on any atom is 0.326 e. The van der Waals surface area contributed by atoms with Crippen LogP contribution in [-0.2, 0) is 25.6 Å². The number of aromatic nitrogens is 1. The monoisotopic (exact) mass is 502 g/mol. The first-order valence-electron chi connectivity index (χ1n) is 12.3. The Morgan fingerprint density at radius 3 is 2.33 bits per heavy atom. The molecule has 0 fully saturated rings. The molecule has 36 heavy (non-hydrogen) atoms. The van der Waals surface area contributed by atoms with Crippen molar-refractivity contribution in [2.24, 2.45) is 17.4 Å². The molecule has 0 aliphatic rings. The van der Waals surface area contributed by atoms with Crippen molar-refractivity contribution in [2.75, 3.05) is 13.1 Å². The lowest BCUT2D eigenvalue weighted by Crippen LogP contribution is -2.58. The van der Waals surface area contributed by atoms with E-state index in [0.717, 1.165) is 16.5 Å². The summed E-state index contributed by atoms with van der Waals surface area (Å²) in [7, 11) is 0. The van der Waals surface area contributed by atoms with Gasteiger partial charge in [0.2, 0.25) is 17.7 Å². The molecule has 11 nitrogen and oxygen atoms in total. The molecule has 0 aliphatic carbocycles. The Bertz CT molecular complexity index is 1040. The molecule has 0 saturated carbocycles. The number of carboxylic acids is 1. The van der Waals surface area contributed by atoms with Gasteiger partial charge >= 0.3 is 5.97 Å². The summed E-state index contributed by atoms with van der Waals surface area (Å²) in [5.41, 5.74) is 12.6. The van der Waals surface area contributed by atoms with Crippen LogP contribution in [0.25, 0.3) is 10.9 Å². The van der Waals surface area contributed by atoms with E-state index in [1.165, 1.54) is 0 Å². The molecule has 3 amide bonds. The van der Waals surface area contributed by atoms with Crippen LogP contribution in [0.15, 0.2) is 30.5 Å². The molecule has 9 N–H and O–H groups in total. The van der Waals surface area contributed by atoms with E-state index in [2.05, 4.69) is 20.9 Å². The van der Waals surface area contributed by atoms with E-state index in [1.807, 2.05) is 38.1 Å². The van der Waals surface area contributed by atoms with E-state index in [4.69, 9.17) is 11.5 Å². The Morgan fingerprint density at radius 2 is 1.69 bits per heavy atom. The van der Waals surface area contributed by atoms with Crippen LogP contribution in [0.1, 0.15) is 45.1 Å². The highest BCUT2D eigenvalue weighted by Crippen LogP contribution is 2.20. The molecule has 4 unspecified atom stereocenters. The number of hydrogen-bond acceptors (Lipinski definition) is 6. The third kappa shape index (κ3) is 8.06. The number of carboxylic acid groups (broad SMARTS) is 1. The van der Waals surface area contributed by atoms with Gasteiger partial charge in [0.15, 0.2) is 0 Å². The molecule has 1 heterocycles. The van der Waals surface area contributed by atoms with Gasteiger partial charge in [-0.25, -0.2) is 4.79 Å². The molecule has 0 aliphatic heterocycles. The lowest BCUT2D eigenvalue weighted by atomic mass is 9.97.